The van der Waals surface area contributed by atoms with Crippen LogP contribution in [0.15, 0.2) is 24.0 Å². The van der Waals surface area contributed by atoms with Gasteiger partial charge in [-0.25, -0.2) is 0 Å². The van der Waals surface area contributed by atoms with E-state index in [2.05, 4.69) is 6.58 Å². The fraction of sp³-hybridized carbons (Fsp3) is 0.200. The Kier molecular flexibility index (Phi) is 1.99. The van der Waals surface area contributed by atoms with Crippen LogP contribution in [0.1, 0.15) is 6.92 Å². The molecule has 0 amide bonds. The van der Waals surface area contributed by atoms with Gasteiger partial charge in [0.1, 0.15) is 0 Å². The van der Waals surface area contributed by atoms with Gasteiger partial charge in [-0.15, -0.1) is 0 Å². The van der Waals surface area contributed by atoms with Crippen LogP contribution in [0.4, 0.5) is 0 Å². The summed E-state index contributed by atoms with van der Waals surface area (Å²) in [6.07, 6.45) is 1.61. The predicted octanol–water partition coefficient (Wildman–Crippen LogP) is 0.321. The van der Waals surface area contributed by atoms with Crippen molar-refractivity contribution < 1.29 is 0 Å². The van der Waals surface area contributed by atoms with Crippen LogP contribution in [-0.4, -0.2) is 0 Å². The molecule has 0 bridgehead atoms. The molecule has 4 N–H and O–H groups in total. The van der Waals surface area contributed by atoms with Crippen LogP contribution in [0, 0.1) is 0 Å². The van der Waals surface area contributed by atoms with Crippen molar-refractivity contribution in [2.24, 2.45) is 11.5 Å². The van der Waals surface area contributed by atoms with Gasteiger partial charge in [0.15, 0.2) is 0 Å². The van der Waals surface area contributed by atoms with Crippen molar-refractivity contribution in [2.75, 3.05) is 0 Å². The van der Waals surface area contributed by atoms with E-state index in [0.717, 1.165) is 0 Å². The highest BCUT2D eigenvalue weighted by molar-refractivity contribution is 5.13. The smallest absolute Gasteiger partial charge is 0.0258 e. The van der Waals surface area contributed by atoms with Gasteiger partial charge in [-0.1, -0.05) is 6.58 Å². The zero-order valence-electron chi connectivity index (χ0n) is 4.44. The summed E-state index contributed by atoms with van der Waals surface area (Å²) in [5.74, 6) is 0. The Morgan fingerprint density at radius 1 is 1.57 bits per heavy atom. The molecule has 0 atom stereocenters. The Hall–Kier alpha value is -0.920. The molecule has 7 heavy (non-hydrogen) atoms. The molecule has 0 heterocycles. The summed E-state index contributed by atoms with van der Waals surface area (Å²) in [5, 5.41) is 0. The van der Waals surface area contributed by atoms with Crippen LogP contribution in [0.5, 0.6) is 0 Å². The van der Waals surface area contributed by atoms with Gasteiger partial charge in [0.2, 0.25) is 0 Å². The van der Waals surface area contributed by atoms with Gasteiger partial charge in [0.25, 0.3) is 0 Å². The Labute approximate surface area is 43.5 Å². The third kappa shape index (κ3) is 5.08. The van der Waals surface area contributed by atoms with Crippen molar-refractivity contribution in [3.8, 4) is 0 Å². The van der Waals surface area contributed by atoms with Gasteiger partial charge in [-0.05, 0) is 13.0 Å². The highest BCUT2D eigenvalue weighted by atomic mass is 14.6. The third-order valence-electron chi connectivity index (χ3n) is 0.413. The zero-order valence-corrected chi connectivity index (χ0v) is 4.44. The lowest BCUT2D eigenvalue weighted by Gasteiger charge is -1.87. The lowest BCUT2D eigenvalue weighted by Crippen LogP contribution is -1.96. The molecule has 0 rings (SSSR count). The van der Waals surface area contributed by atoms with Gasteiger partial charge in [0, 0.05) is 11.4 Å². The van der Waals surface area contributed by atoms with Crippen molar-refractivity contribution >= 4 is 0 Å². The first-order valence-electron chi connectivity index (χ1n) is 2.01. The SMILES string of the molecule is C=C(N)/C=C(/C)N. The molecule has 0 aliphatic heterocycles. The average molecular weight is 98.1 g/mol. The van der Waals surface area contributed by atoms with Crippen LogP contribution in [0.3, 0.4) is 0 Å². The molecule has 0 aliphatic rings. The minimum absolute atomic E-state index is 0.500. The van der Waals surface area contributed by atoms with Crippen molar-refractivity contribution in [1.82, 2.24) is 0 Å². The molecule has 0 aromatic carbocycles. The number of nitrogens with two attached hydrogens (primary N) is 2. The van der Waals surface area contributed by atoms with E-state index in [0.29, 0.717) is 11.4 Å². The quantitative estimate of drug-likeness (QED) is 0.464. The van der Waals surface area contributed by atoms with Crippen molar-refractivity contribution in [3.63, 3.8) is 0 Å². The molecule has 0 saturated carbocycles. The van der Waals surface area contributed by atoms with Crippen molar-refractivity contribution in [1.29, 1.82) is 0 Å². The number of hydrogen-bond donors (Lipinski definition) is 2. The van der Waals surface area contributed by atoms with Crippen molar-refractivity contribution in [2.45, 2.75) is 6.92 Å². The monoisotopic (exact) mass is 98.1 g/mol. The second-order valence-electron chi connectivity index (χ2n) is 1.46. The standard InChI is InChI=1S/C5H10N2/c1-4(6)3-5(2)7/h3H,1,6-7H2,2H3/b5-3-. The Bertz CT molecular complexity index is 98.6. The maximum Gasteiger partial charge on any atom is 0.0258 e. The number of hydrogen-bond acceptors (Lipinski definition) is 2. The van der Waals surface area contributed by atoms with Gasteiger partial charge in [0.05, 0.1) is 0 Å². The minimum atomic E-state index is 0.500. The van der Waals surface area contributed by atoms with Gasteiger partial charge in [-0.2, -0.15) is 0 Å². The fourth-order valence-electron chi connectivity index (χ4n) is 0.292. The number of rotatable bonds is 1. The maximum absolute atomic E-state index is 5.21. The number of allylic oxidation sites excluding steroid dienone is 2. The molecule has 40 valence electrons. The summed E-state index contributed by atoms with van der Waals surface area (Å²) in [6, 6.07) is 0. The fourth-order valence-corrected chi connectivity index (χ4v) is 0.292. The van der Waals surface area contributed by atoms with E-state index in [1.165, 1.54) is 0 Å². The second-order valence-corrected chi connectivity index (χ2v) is 1.46. The van der Waals surface area contributed by atoms with Gasteiger partial charge in [-0.3, -0.25) is 0 Å². The molecule has 2 heteroatoms. The molecule has 0 aromatic rings. The van der Waals surface area contributed by atoms with E-state index in [1.54, 1.807) is 13.0 Å². The van der Waals surface area contributed by atoms with E-state index in [9.17, 15) is 0 Å². The highest BCUT2D eigenvalue weighted by Gasteiger charge is 1.74. The molecule has 0 unspecified atom stereocenters. The zero-order chi connectivity index (χ0) is 5.86. The Balaban J connectivity index is 3.68. The van der Waals surface area contributed by atoms with Gasteiger partial charge >= 0.3 is 0 Å². The Morgan fingerprint density at radius 2 is 2.00 bits per heavy atom. The van der Waals surface area contributed by atoms with Crippen LogP contribution in [0.25, 0.3) is 0 Å². The maximum atomic E-state index is 5.21. The lowest BCUT2D eigenvalue weighted by atomic mass is 10.4. The third-order valence-corrected chi connectivity index (χ3v) is 0.413. The lowest BCUT2D eigenvalue weighted by molar-refractivity contribution is 1.28. The molecular weight excluding hydrogens is 88.1 g/mol. The van der Waals surface area contributed by atoms with Crippen LogP contribution >= 0.6 is 0 Å². The summed E-state index contributed by atoms with van der Waals surface area (Å²) >= 11 is 0. The van der Waals surface area contributed by atoms with Crippen LogP contribution < -0.4 is 11.5 Å². The summed E-state index contributed by atoms with van der Waals surface area (Å²) < 4.78 is 0. The molecule has 0 spiro atoms. The van der Waals surface area contributed by atoms with Crippen LogP contribution in [-0.2, 0) is 0 Å². The van der Waals surface area contributed by atoms with E-state index >= 15 is 0 Å². The van der Waals surface area contributed by atoms with E-state index in [1.807, 2.05) is 0 Å². The molecule has 0 aromatic heterocycles. The molecule has 2 nitrogen and oxygen atoms in total. The summed E-state index contributed by atoms with van der Waals surface area (Å²) in [7, 11) is 0. The molecule has 0 radical (unpaired) electrons. The molecular formula is C5H10N2. The Morgan fingerprint density at radius 3 is 2.00 bits per heavy atom. The van der Waals surface area contributed by atoms with E-state index in [-0.39, 0.29) is 0 Å². The first-order chi connectivity index (χ1) is 3.13. The average Bonchev–Trinajstić information content (AvgIpc) is 1.27. The molecule has 0 saturated heterocycles. The molecule has 0 aliphatic carbocycles. The van der Waals surface area contributed by atoms with Gasteiger partial charge < -0.3 is 11.5 Å². The first-order valence-corrected chi connectivity index (χ1v) is 2.01. The summed E-state index contributed by atoms with van der Waals surface area (Å²) in [5.41, 5.74) is 11.5. The van der Waals surface area contributed by atoms with Crippen molar-refractivity contribution in [3.05, 3.63) is 24.0 Å². The normalized spacial score (nSPS) is 11.3. The van der Waals surface area contributed by atoms with E-state index < -0.39 is 0 Å². The minimum Gasteiger partial charge on any atom is -0.402 e. The summed E-state index contributed by atoms with van der Waals surface area (Å²) in [4.78, 5) is 0. The van der Waals surface area contributed by atoms with Crippen LogP contribution in [0.2, 0.25) is 0 Å². The largest absolute Gasteiger partial charge is 0.402 e. The topological polar surface area (TPSA) is 52.0 Å². The van der Waals surface area contributed by atoms with E-state index in [4.69, 9.17) is 11.5 Å². The summed E-state index contributed by atoms with van der Waals surface area (Å²) in [6.45, 7) is 5.18. The first kappa shape index (κ1) is 6.08. The highest BCUT2D eigenvalue weighted by Crippen LogP contribution is 1.83. The second kappa shape index (κ2) is 2.29. The molecule has 0 fully saturated rings. The predicted molar refractivity (Wildman–Crippen MR) is 31.3 cm³/mol.